The number of aromatic hydroxyl groups is 1. The van der Waals surface area contributed by atoms with E-state index in [0.717, 1.165) is 30.7 Å². The molecule has 2 aliphatic rings. The van der Waals surface area contributed by atoms with Crippen molar-refractivity contribution >= 4 is 5.69 Å². The van der Waals surface area contributed by atoms with E-state index in [0.29, 0.717) is 0 Å². The van der Waals surface area contributed by atoms with Gasteiger partial charge in [0.2, 0.25) is 0 Å². The van der Waals surface area contributed by atoms with E-state index in [-0.39, 0.29) is 29.2 Å². The highest BCUT2D eigenvalue weighted by Gasteiger charge is 2.40. The highest BCUT2D eigenvalue weighted by molar-refractivity contribution is 5.59. The minimum atomic E-state index is -0.577. The van der Waals surface area contributed by atoms with Gasteiger partial charge in [0, 0.05) is 23.8 Å². The zero-order valence-corrected chi connectivity index (χ0v) is 15.6. The monoisotopic (exact) mass is 355 g/mol. The lowest BCUT2D eigenvalue weighted by molar-refractivity contribution is -0.0382. The van der Waals surface area contributed by atoms with Crippen molar-refractivity contribution in [3.63, 3.8) is 0 Å². The minimum Gasteiger partial charge on any atom is -0.505 e. The first-order valence-electron chi connectivity index (χ1n) is 9.35. The molecule has 4 heteroatoms. The molecular formula is C22H26FNO2. The fourth-order valence-corrected chi connectivity index (χ4v) is 4.18. The number of ether oxygens (including phenoxy) is 1. The van der Waals surface area contributed by atoms with Gasteiger partial charge in [0.15, 0.2) is 11.6 Å². The Kier molecular flexibility index (Phi) is 4.19. The van der Waals surface area contributed by atoms with Crippen molar-refractivity contribution < 1.29 is 14.2 Å². The molecule has 0 amide bonds. The maximum atomic E-state index is 13.9. The molecule has 2 aliphatic heterocycles. The Bertz CT molecular complexity index is 827. The van der Waals surface area contributed by atoms with Gasteiger partial charge in [0.1, 0.15) is 0 Å². The first-order valence-corrected chi connectivity index (χ1v) is 9.35. The molecule has 0 spiro atoms. The van der Waals surface area contributed by atoms with Crippen LogP contribution in [0.25, 0.3) is 0 Å². The van der Waals surface area contributed by atoms with Crippen molar-refractivity contribution in [2.75, 3.05) is 11.9 Å². The number of rotatable bonds is 1. The molecule has 1 saturated heterocycles. The number of hydrogen-bond acceptors (Lipinski definition) is 3. The van der Waals surface area contributed by atoms with Gasteiger partial charge in [-0.15, -0.1) is 0 Å². The standard InChI is InChI=1S/C22H26FNO2/c1-22(2,3)14-7-8-18-16(12-14)21-15(5-4-10-26-21)20(24-18)13-6-9-19(25)17(23)11-13/h6-9,11-12,15,20-21,24-25H,4-5,10H2,1-3H3/t15-,20?,21-/m0/s1. The second-order valence-corrected chi connectivity index (χ2v) is 8.48. The molecule has 0 aromatic heterocycles. The molecule has 138 valence electrons. The Labute approximate surface area is 154 Å². The Morgan fingerprint density at radius 1 is 1.15 bits per heavy atom. The molecular weight excluding hydrogens is 329 g/mol. The van der Waals surface area contributed by atoms with Crippen LogP contribution in [-0.2, 0) is 10.2 Å². The smallest absolute Gasteiger partial charge is 0.165 e. The molecule has 3 atom stereocenters. The Hall–Kier alpha value is -2.07. The summed E-state index contributed by atoms with van der Waals surface area (Å²) in [4.78, 5) is 0. The van der Waals surface area contributed by atoms with Crippen LogP contribution in [0.15, 0.2) is 36.4 Å². The molecule has 0 bridgehead atoms. The van der Waals surface area contributed by atoms with Crippen molar-refractivity contribution in [2.45, 2.75) is 51.2 Å². The van der Waals surface area contributed by atoms with Gasteiger partial charge in [0.05, 0.1) is 12.1 Å². The van der Waals surface area contributed by atoms with E-state index < -0.39 is 5.82 Å². The van der Waals surface area contributed by atoms with E-state index in [9.17, 15) is 9.50 Å². The van der Waals surface area contributed by atoms with E-state index in [1.54, 1.807) is 6.07 Å². The van der Waals surface area contributed by atoms with Crippen molar-refractivity contribution in [3.05, 3.63) is 58.9 Å². The quantitative estimate of drug-likeness (QED) is 0.713. The second kappa shape index (κ2) is 6.27. The average Bonchev–Trinajstić information content (AvgIpc) is 2.62. The predicted molar refractivity (Wildman–Crippen MR) is 101 cm³/mol. The zero-order valence-electron chi connectivity index (χ0n) is 15.6. The van der Waals surface area contributed by atoms with Crippen molar-refractivity contribution in [2.24, 2.45) is 5.92 Å². The van der Waals surface area contributed by atoms with E-state index in [2.05, 4.69) is 44.3 Å². The molecule has 3 nitrogen and oxygen atoms in total. The molecule has 2 heterocycles. The summed E-state index contributed by atoms with van der Waals surface area (Å²) >= 11 is 0. The van der Waals surface area contributed by atoms with Gasteiger partial charge in [-0.05, 0) is 47.6 Å². The Morgan fingerprint density at radius 3 is 2.69 bits per heavy atom. The van der Waals surface area contributed by atoms with Crippen LogP contribution in [0.1, 0.15) is 62.4 Å². The lowest BCUT2D eigenvalue weighted by Crippen LogP contribution is -2.36. The summed E-state index contributed by atoms with van der Waals surface area (Å²) in [7, 11) is 0. The summed E-state index contributed by atoms with van der Waals surface area (Å²) in [6, 6.07) is 11.2. The molecule has 26 heavy (non-hydrogen) atoms. The Balaban J connectivity index is 1.77. The van der Waals surface area contributed by atoms with E-state index >= 15 is 0 Å². The normalized spacial score (nSPS) is 25.2. The molecule has 2 aromatic carbocycles. The van der Waals surface area contributed by atoms with Gasteiger partial charge >= 0.3 is 0 Å². The lowest BCUT2D eigenvalue weighted by atomic mass is 9.76. The maximum Gasteiger partial charge on any atom is 0.165 e. The highest BCUT2D eigenvalue weighted by Crippen LogP contribution is 2.50. The molecule has 0 saturated carbocycles. The summed E-state index contributed by atoms with van der Waals surface area (Å²) in [6.07, 6.45) is 2.06. The number of nitrogens with one attached hydrogen (secondary N) is 1. The highest BCUT2D eigenvalue weighted by atomic mass is 19.1. The third-order valence-electron chi connectivity index (χ3n) is 5.66. The average molecular weight is 355 g/mol. The van der Waals surface area contributed by atoms with Gasteiger partial charge in [0.25, 0.3) is 0 Å². The third-order valence-corrected chi connectivity index (χ3v) is 5.66. The van der Waals surface area contributed by atoms with E-state index in [4.69, 9.17) is 4.74 Å². The maximum absolute atomic E-state index is 13.9. The first-order chi connectivity index (χ1) is 12.3. The molecule has 0 radical (unpaired) electrons. The van der Waals surface area contributed by atoms with Crippen LogP contribution in [0.2, 0.25) is 0 Å². The predicted octanol–water partition coefficient (Wildman–Crippen LogP) is 5.46. The summed E-state index contributed by atoms with van der Waals surface area (Å²) < 4.78 is 20.1. The van der Waals surface area contributed by atoms with Crippen LogP contribution in [0.3, 0.4) is 0 Å². The third kappa shape index (κ3) is 2.96. The largest absolute Gasteiger partial charge is 0.505 e. The van der Waals surface area contributed by atoms with Gasteiger partial charge in [-0.25, -0.2) is 4.39 Å². The Morgan fingerprint density at radius 2 is 1.96 bits per heavy atom. The van der Waals surface area contributed by atoms with Gasteiger partial charge in [-0.2, -0.15) is 0 Å². The van der Waals surface area contributed by atoms with Crippen molar-refractivity contribution in [1.82, 2.24) is 0 Å². The van der Waals surface area contributed by atoms with Crippen LogP contribution < -0.4 is 5.32 Å². The van der Waals surface area contributed by atoms with Crippen LogP contribution >= 0.6 is 0 Å². The van der Waals surface area contributed by atoms with E-state index in [1.165, 1.54) is 23.3 Å². The topological polar surface area (TPSA) is 41.5 Å². The number of fused-ring (bicyclic) bond motifs is 3. The molecule has 0 aliphatic carbocycles. The van der Waals surface area contributed by atoms with Crippen molar-refractivity contribution in [3.8, 4) is 5.75 Å². The number of phenols is 1. The summed E-state index contributed by atoms with van der Waals surface area (Å²) in [6.45, 7) is 7.40. The zero-order chi connectivity index (χ0) is 18.5. The van der Waals surface area contributed by atoms with Crippen LogP contribution in [-0.4, -0.2) is 11.7 Å². The fourth-order valence-electron chi connectivity index (χ4n) is 4.18. The number of halogens is 1. The number of hydrogen-bond donors (Lipinski definition) is 2. The molecule has 2 N–H and O–H groups in total. The van der Waals surface area contributed by atoms with Gasteiger partial charge < -0.3 is 15.2 Å². The number of phenolic OH excluding ortho intramolecular Hbond substituents is 1. The first kappa shape index (κ1) is 17.3. The summed E-state index contributed by atoms with van der Waals surface area (Å²) in [5, 5.41) is 13.1. The van der Waals surface area contributed by atoms with Crippen molar-refractivity contribution in [1.29, 1.82) is 0 Å². The second-order valence-electron chi connectivity index (χ2n) is 8.48. The van der Waals surface area contributed by atoms with Crippen LogP contribution in [0.5, 0.6) is 5.75 Å². The van der Waals surface area contributed by atoms with Gasteiger partial charge in [-0.3, -0.25) is 0 Å². The summed E-state index contributed by atoms with van der Waals surface area (Å²) in [5.74, 6) is -0.641. The lowest BCUT2D eigenvalue weighted by Gasteiger charge is -2.44. The van der Waals surface area contributed by atoms with E-state index in [1.807, 2.05) is 0 Å². The molecule has 1 unspecified atom stereocenters. The summed E-state index contributed by atoms with van der Waals surface area (Å²) in [5.41, 5.74) is 4.49. The SMILES string of the molecule is CC(C)(C)c1ccc2c(c1)[C@H]1OCCC[C@H]1C(c1ccc(O)c(F)c1)N2. The minimum absolute atomic E-state index is 0.0177. The molecule has 2 aromatic rings. The number of benzene rings is 2. The van der Waals surface area contributed by atoms with Gasteiger partial charge in [-0.1, -0.05) is 39.0 Å². The van der Waals surface area contributed by atoms with Crippen LogP contribution in [0.4, 0.5) is 10.1 Å². The molecule has 4 rings (SSSR count). The fraction of sp³-hybridized carbons (Fsp3) is 0.455. The van der Waals surface area contributed by atoms with Crippen LogP contribution in [0, 0.1) is 11.7 Å². The molecule has 1 fully saturated rings. The number of anilines is 1.